The Morgan fingerprint density at radius 2 is 1.52 bits per heavy atom. The average Bonchev–Trinajstić information content (AvgIpc) is 2.42. The summed E-state index contributed by atoms with van der Waals surface area (Å²) in [4.78, 5) is 0. The average molecular weight is 299 g/mol. The molecule has 0 bridgehead atoms. The van der Waals surface area contributed by atoms with Crippen LogP contribution in [0.1, 0.15) is 17.2 Å². The van der Waals surface area contributed by atoms with Gasteiger partial charge in [0.05, 0.1) is 6.04 Å². The Balaban J connectivity index is 2.46. The van der Waals surface area contributed by atoms with Crippen LogP contribution in [0.4, 0.5) is 17.6 Å². The summed E-state index contributed by atoms with van der Waals surface area (Å²) < 4.78 is 55.3. The van der Waals surface area contributed by atoms with Crippen molar-refractivity contribution >= 4 is 0 Å². The van der Waals surface area contributed by atoms with Crippen molar-refractivity contribution in [3.8, 4) is 5.75 Å². The molecule has 112 valence electrons. The molecule has 1 N–H and O–H groups in total. The fraction of sp³-hybridized carbons (Fsp3) is 0.200. The van der Waals surface area contributed by atoms with Gasteiger partial charge in [-0.05, 0) is 19.2 Å². The minimum atomic E-state index is -4.80. The highest BCUT2D eigenvalue weighted by atomic mass is 19.4. The summed E-state index contributed by atoms with van der Waals surface area (Å²) in [6.45, 7) is 0. The van der Waals surface area contributed by atoms with Crippen LogP contribution in [-0.4, -0.2) is 13.4 Å². The van der Waals surface area contributed by atoms with Gasteiger partial charge in [-0.2, -0.15) is 0 Å². The summed E-state index contributed by atoms with van der Waals surface area (Å²) >= 11 is 0. The maximum absolute atomic E-state index is 13.9. The van der Waals surface area contributed by atoms with E-state index < -0.39 is 18.2 Å². The van der Waals surface area contributed by atoms with Gasteiger partial charge in [0.25, 0.3) is 0 Å². The van der Waals surface area contributed by atoms with Gasteiger partial charge in [-0.25, -0.2) is 4.39 Å². The molecule has 0 aliphatic rings. The minimum Gasteiger partial charge on any atom is -0.405 e. The number of benzene rings is 2. The maximum Gasteiger partial charge on any atom is 0.573 e. The highest BCUT2D eigenvalue weighted by Crippen LogP contribution is 2.33. The van der Waals surface area contributed by atoms with E-state index in [1.54, 1.807) is 19.2 Å². The molecule has 0 spiro atoms. The van der Waals surface area contributed by atoms with Crippen molar-refractivity contribution in [1.82, 2.24) is 5.32 Å². The van der Waals surface area contributed by atoms with E-state index in [0.29, 0.717) is 0 Å². The van der Waals surface area contributed by atoms with Gasteiger partial charge in [0.15, 0.2) is 0 Å². The number of nitrogens with one attached hydrogen (secondary N) is 1. The zero-order valence-electron chi connectivity index (χ0n) is 11.1. The molecular formula is C15H13F4NO. The molecule has 0 heterocycles. The van der Waals surface area contributed by atoms with Gasteiger partial charge in [-0.3, -0.25) is 0 Å². The first kappa shape index (κ1) is 15.3. The Morgan fingerprint density at radius 1 is 0.952 bits per heavy atom. The second kappa shape index (κ2) is 6.13. The summed E-state index contributed by atoms with van der Waals surface area (Å²) in [5.74, 6) is -0.855. The molecule has 2 aromatic carbocycles. The van der Waals surface area contributed by atoms with E-state index in [2.05, 4.69) is 10.1 Å². The van der Waals surface area contributed by atoms with Gasteiger partial charge in [0.1, 0.15) is 11.6 Å². The standard InChI is InChI=1S/C15H13F4NO/c1-20-14(10-6-2-4-8-12(10)16)11-7-3-5-9-13(11)21-15(17,18)19/h2-9,14,20H,1H3. The van der Waals surface area contributed by atoms with E-state index in [0.717, 1.165) is 0 Å². The molecule has 0 fully saturated rings. The second-order valence-electron chi connectivity index (χ2n) is 4.33. The van der Waals surface area contributed by atoms with Crippen LogP contribution >= 0.6 is 0 Å². The number of para-hydroxylation sites is 1. The molecule has 1 unspecified atom stereocenters. The first-order valence-electron chi connectivity index (χ1n) is 6.18. The van der Waals surface area contributed by atoms with Crippen LogP contribution in [0.2, 0.25) is 0 Å². The first-order chi connectivity index (χ1) is 9.92. The molecule has 2 nitrogen and oxygen atoms in total. The first-order valence-corrected chi connectivity index (χ1v) is 6.18. The zero-order chi connectivity index (χ0) is 15.5. The number of halogens is 4. The fourth-order valence-corrected chi connectivity index (χ4v) is 2.12. The lowest BCUT2D eigenvalue weighted by Crippen LogP contribution is -2.23. The fourth-order valence-electron chi connectivity index (χ4n) is 2.12. The molecule has 0 amide bonds. The molecule has 6 heteroatoms. The molecule has 0 radical (unpaired) electrons. The van der Waals surface area contributed by atoms with Crippen molar-refractivity contribution in [2.75, 3.05) is 7.05 Å². The lowest BCUT2D eigenvalue weighted by molar-refractivity contribution is -0.275. The Morgan fingerprint density at radius 3 is 2.10 bits per heavy atom. The van der Waals surface area contributed by atoms with Crippen LogP contribution in [-0.2, 0) is 0 Å². The SMILES string of the molecule is CNC(c1ccccc1F)c1ccccc1OC(F)(F)F. The largest absolute Gasteiger partial charge is 0.573 e. The summed E-state index contributed by atoms with van der Waals surface area (Å²) in [5.41, 5.74) is 0.459. The van der Waals surface area contributed by atoms with E-state index in [-0.39, 0.29) is 16.9 Å². The molecule has 2 rings (SSSR count). The van der Waals surface area contributed by atoms with E-state index in [4.69, 9.17) is 0 Å². The van der Waals surface area contributed by atoms with Crippen molar-refractivity contribution in [2.45, 2.75) is 12.4 Å². The van der Waals surface area contributed by atoms with Gasteiger partial charge < -0.3 is 10.1 Å². The van der Waals surface area contributed by atoms with Crippen molar-refractivity contribution in [2.24, 2.45) is 0 Å². The molecule has 1 atom stereocenters. The van der Waals surface area contributed by atoms with E-state index in [9.17, 15) is 17.6 Å². The topological polar surface area (TPSA) is 21.3 Å². The Kier molecular flexibility index (Phi) is 4.47. The Bertz CT molecular complexity index is 613. The van der Waals surface area contributed by atoms with Gasteiger partial charge in [0, 0.05) is 11.1 Å². The van der Waals surface area contributed by atoms with E-state index in [1.807, 2.05) is 0 Å². The van der Waals surface area contributed by atoms with Crippen molar-refractivity contribution < 1.29 is 22.3 Å². The molecule has 2 aromatic rings. The molecule has 0 saturated carbocycles. The molecule has 0 aliphatic heterocycles. The van der Waals surface area contributed by atoms with Crippen molar-refractivity contribution in [1.29, 1.82) is 0 Å². The van der Waals surface area contributed by atoms with Crippen LogP contribution < -0.4 is 10.1 Å². The predicted octanol–water partition coefficient (Wildman–Crippen LogP) is 4.03. The van der Waals surface area contributed by atoms with Crippen molar-refractivity contribution in [3.63, 3.8) is 0 Å². The number of rotatable bonds is 4. The lowest BCUT2D eigenvalue weighted by Gasteiger charge is -2.21. The van der Waals surface area contributed by atoms with Crippen LogP contribution in [0.3, 0.4) is 0 Å². The summed E-state index contributed by atoms with van der Waals surface area (Å²) in [6.07, 6.45) is -4.80. The number of hydrogen-bond donors (Lipinski definition) is 1. The summed E-state index contributed by atoms with van der Waals surface area (Å²) in [5, 5.41) is 2.81. The highest BCUT2D eigenvalue weighted by Gasteiger charge is 2.33. The smallest absolute Gasteiger partial charge is 0.405 e. The Labute approximate surface area is 119 Å². The molecular weight excluding hydrogens is 286 g/mol. The maximum atomic E-state index is 13.9. The Hall–Kier alpha value is -2.08. The summed E-state index contributed by atoms with van der Waals surface area (Å²) in [6, 6.07) is 10.8. The van der Waals surface area contributed by atoms with Crippen molar-refractivity contribution in [3.05, 3.63) is 65.5 Å². The van der Waals surface area contributed by atoms with Crippen LogP contribution in [0.5, 0.6) is 5.75 Å². The van der Waals surface area contributed by atoms with Gasteiger partial charge in [-0.15, -0.1) is 13.2 Å². The van der Waals surface area contributed by atoms with Crippen LogP contribution in [0.25, 0.3) is 0 Å². The quantitative estimate of drug-likeness (QED) is 0.861. The number of hydrogen-bond acceptors (Lipinski definition) is 2. The zero-order valence-corrected chi connectivity index (χ0v) is 11.1. The van der Waals surface area contributed by atoms with Gasteiger partial charge in [0.2, 0.25) is 0 Å². The molecule has 0 saturated heterocycles. The molecule has 0 aromatic heterocycles. The summed E-state index contributed by atoms with van der Waals surface area (Å²) in [7, 11) is 1.54. The number of ether oxygens (including phenoxy) is 1. The minimum absolute atomic E-state index is 0.211. The van der Waals surface area contributed by atoms with Gasteiger partial charge >= 0.3 is 6.36 Å². The third-order valence-corrected chi connectivity index (χ3v) is 2.96. The number of alkyl halides is 3. The van der Waals surface area contributed by atoms with Crippen LogP contribution in [0, 0.1) is 5.82 Å². The highest BCUT2D eigenvalue weighted by molar-refractivity contribution is 5.42. The molecule has 21 heavy (non-hydrogen) atoms. The molecule has 0 aliphatic carbocycles. The lowest BCUT2D eigenvalue weighted by atomic mass is 9.97. The van der Waals surface area contributed by atoms with Crippen LogP contribution in [0.15, 0.2) is 48.5 Å². The van der Waals surface area contributed by atoms with Gasteiger partial charge in [-0.1, -0.05) is 36.4 Å². The second-order valence-corrected chi connectivity index (χ2v) is 4.33. The third kappa shape index (κ3) is 3.72. The van der Waals surface area contributed by atoms with E-state index >= 15 is 0 Å². The van der Waals surface area contributed by atoms with E-state index in [1.165, 1.54) is 36.4 Å². The predicted molar refractivity (Wildman–Crippen MR) is 70.4 cm³/mol. The monoisotopic (exact) mass is 299 g/mol. The normalized spacial score (nSPS) is 13.0. The third-order valence-electron chi connectivity index (χ3n) is 2.96.